The van der Waals surface area contributed by atoms with Gasteiger partial charge in [0.2, 0.25) is 0 Å². The zero-order chi connectivity index (χ0) is 13.7. The van der Waals surface area contributed by atoms with Gasteiger partial charge in [0, 0.05) is 11.1 Å². The Hall–Kier alpha value is -0.730. The molecule has 1 aliphatic carbocycles. The highest BCUT2D eigenvalue weighted by Crippen LogP contribution is 2.35. The zero-order valence-corrected chi connectivity index (χ0v) is 12.7. The number of ether oxygens (including phenoxy) is 1. The fourth-order valence-electron chi connectivity index (χ4n) is 3.07. The van der Waals surface area contributed by atoms with Crippen molar-refractivity contribution in [2.75, 3.05) is 14.2 Å². The summed E-state index contributed by atoms with van der Waals surface area (Å²) in [6.45, 7) is 0. The first-order chi connectivity index (χ1) is 9.24. The van der Waals surface area contributed by atoms with Crippen LogP contribution in [0.2, 0.25) is 5.02 Å². The average Bonchev–Trinajstić information content (AvgIpc) is 2.46. The molecule has 0 saturated heterocycles. The number of rotatable bonds is 5. The summed E-state index contributed by atoms with van der Waals surface area (Å²) < 4.78 is 5.21. The van der Waals surface area contributed by atoms with Crippen molar-refractivity contribution in [1.29, 1.82) is 0 Å². The van der Waals surface area contributed by atoms with E-state index in [1.165, 1.54) is 44.1 Å². The van der Waals surface area contributed by atoms with Crippen LogP contribution in [0.15, 0.2) is 18.2 Å². The Morgan fingerprint density at radius 3 is 2.63 bits per heavy atom. The van der Waals surface area contributed by atoms with Gasteiger partial charge < -0.3 is 10.1 Å². The van der Waals surface area contributed by atoms with Crippen molar-refractivity contribution in [3.63, 3.8) is 0 Å². The third-order valence-corrected chi connectivity index (χ3v) is 4.55. The molecule has 1 aliphatic rings. The summed E-state index contributed by atoms with van der Waals surface area (Å²) in [5, 5.41) is 4.22. The molecule has 0 aliphatic heterocycles. The lowest BCUT2D eigenvalue weighted by Gasteiger charge is -2.27. The van der Waals surface area contributed by atoms with Gasteiger partial charge in [0.15, 0.2) is 0 Å². The summed E-state index contributed by atoms with van der Waals surface area (Å²) in [6.07, 6.45) is 8.10. The fourth-order valence-corrected chi connectivity index (χ4v) is 3.38. The topological polar surface area (TPSA) is 21.3 Å². The van der Waals surface area contributed by atoms with Crippen molar-refractivity contribution in [3.05, 3.63) is 28.8 Å². The molecule has 3 heteroatoms. The maximum atomic E-state index is 6.38. The monoisotopic (exact) mass is 281 g/mol. The molecule has 0 spiro atoms. The molecule has 0 aromatic heterocycles. The second kappa shape index (κ2) is 7.16. The van der Waals surface area contributed by atoms with Crippen LogP contribution in [0.4, 0.5) is 0 Å². The Kier molecular flexibility index (Phi) is 5.53. The lowest BCUT2D eigenvalue weighted by Crippen LogP contribution is -2.21. The van der Waals surface area contributed by atoms with Gasteiger partial charge in [-0.15, -0.1) is 0 Å². The van der Waals surface area contributed by atoms with E-state index in [9.17, 15) is 0 Å². The molecule has 1 aromatic rings. The normalized spacial score (nSPS) is 18.3. The zero-order valence-electron chi connectivity index (χ0n) is 11.9. The molecule has 19 heavy (non-hydrogen) atoms. The van der Waals surface area contributed by atoms with Crippen LogP contribution < -0.4 is 10.1 Å². The van der Waals surface area contributed by atoms with Crippen LogP contribution in [-0.2, 0) is 0 Å². The van der Waals surface area contributed by atoms with Gasteiger partial charge in [0.25, 0.3) is 0 Å². The molecule has 1 N–H and O–H groups in total. The minimum Gasteiger partial charge on any atom is -0.497 e. The largest absolute Gasteiger partial charge is 0.497 e. The van der Waals surface area contributed by atoms with E-state index in [2.05, 4.69) is 11.4 Å². The fraction of sp³-hybridized carbons (Fsp3) is 0.625. The number of halogens is 1. The Balaban J connectivity index is 2.07. The number of benzene rings is 1. The minimum atomic E-state index is 0.349. The first kappa shape index (κ1) is 14.7. The van der Waals surface area contributed by atoms with Crippen LogP contribution in [0.3, 0.4) is 0 Å². The number of hydrogen-bond donors (Lipinski definition) is 1. The van der Waals surface area contributed by atoms with E-state index >= 15 is 0 Å². The smallest absolute Gasteiger partial charge is 0.120 e. The van der Waals surface area contributed by atoms with E-state index in [0.717, 1.165) is 16.7 Å². The van der Waals surface area contributed by atoms with E-state index in [4.69, 9.17) is 16.3 Å². The lowest BCUT2D eigenvalue weighted by molar-refractivity contribution is 0.305. The Morgan fingerprint density at radius 1 is 1.32 bits per heavy atom. The van der Waals surface area contributed by atoms with Gasteiger partial charge >= 0.3 is 0 Å². The molecular formula is C16H24ClNO. The van der Waals surface area contributed by atoms with Crippen molar-refractivity contribution in [3.8, 4) is 5.75 Å². The van der Waals surface area contributed by atoms with Gasteiger partial charge in [-0.1, -0.05) is 49.8 Å². The van der Waals surface area contributed by atoms with Gasteiger partial charge in [-0.25, -0.2) is 0 Å². The molecule has 1 fully saturated rings. The van der Waals surface area contributed by atoms with Crippen LogP contribution in [0.5, 0.6) is 5.75 Å². The van der Waals surface area contributed by atoms with Gasteiger partial charge in [-0.3, -0.25) is 0 Å². The van der Waals surface area contributed by atoms with Gasteiger partial charge in [-0.05, 0) is 37.1 Å². The summed E-state index contributed by atoms with van der Waals surface area (Å²) in [5.74, 6) is 1.66. The van der Waals surface area contributed by atoms with Crippen molar-refractivity contribution >= 4 is 11.6 Å². The summed E-state index contributed by atoms with van der Waals surface area (Å²) in [6, 6.07) is 6.33. The van der Waals surface area contributed by atoms with Crippen molar-refractivity contribution in [2.45, 2.75) is 44.6 Å². The van der Waals surface area contributed by atoms with E-state index in [1.54, 1.807) is 7.11 Å². The van der Waals surface area contributed by atoms with E-state index < -0.39 is 0 Å². The van der Waals surface area contributed by atoms with E-state index in [-0.39, 0.29) is 0 Å². The molecule has 0 radical (unpaired) electrons. The van der Waals surface area contributed by atoms with Crippen LogP contribution in [-0.4, -0.2) is 14.2 Å². The summed E-state index contributed by atoms with van der Waals surface area (Å²) in [5.41, 5.74) is 1.19. The van der Waals surface area contributed by atoms with Crippen molar-refractivity contribution < 1.29 is 4.74 Å². The highest BCUT2D eigenvalue weighted by Gasteiger charge is 2.20. The second-order valence-electron chi connectivity index (χ2n) is 5.47. The molecule has 2 rings (SSSR count). The van der Waals surface area contributed by atoms with E-state index in [0.29, 0.717) is 6.04 Å². The summed E-state index contributed by atoms with van der Waals surface area (Å²) >= 11 is 6.38. The summed E-state index contributed by atoms with van der Waals surface area (Å²) in [4.78, 5) is 0. The van der Waals surface area contributed by atoms with Gasteiger partial charge in [0.05, 0.1) is 7.11 Å². The first-order valence-electron chi connectivity index (χ1n) is 7.25. The highest BCUT2D eigenvalue weighted by molar-refractivity contribution is 6.31. The Labute approximate surface area is 121 Å². The predicted octanol–water partition coefficient (Wildman–Crippen LogP) is 4.58. The van der Waals surface area contributed by atoms with E-state index in [1.807, 2.05) is 19.2 Å². The van der Waals surface area contributed by atoms with Crippen LogP contribution >= 0.6 is 11.6 Å². The summed E-state index contributed by atoms with van der Waals surface area (Å²) in [7, 11) is 3.69. The molecule has 2 nitrogen and oxygen atoms in total. The molecule has 1 saturated carbocycles. The number of nitrogens with one attached hydrogen (secondary N) is 1. The first-order valence-corrected chi connectivity index (χ1v) is 7.63. The molecule has 0 amide bonds. The molecule has 1 atom stereocenters. The third-order valence-electron chi connectivity index (χ3n) is 4.23. The second-order valence-corrected chi connectivity index (χ2v) is 5.88. The standard InChI is InChI=1S/C16H24ClNO/c1-18-16(10-12-6-4-3-5-7-12)14-9-8-13(19-2)11-15(14)17/h8-9,11-12,16,18H,3-7,10H2,1-2H3. The molecule has 106 valence electrons. The van der Waals surface area contributed by atoms with Crippen molar-refractivity contribution in [1.82, 2.24) is 5.32 Å². The van der Waals surface area contributed by atoms with Crippen LogP contribution in [0, 0.1) is 5.92 Å². The molecular weight excluding hydrogens is 258 g/mol. The van der Waals surface area contributed by atoms with Crippen LogP contribution in [0.1, 0.15) is 50.1 Å². The highest BCUT2D eigenvalue weighted by atomic mass is 35.5. The molecule has 1 unspecified atom stereocenters. The number of hydrogen-bond acceptors (Lipinski definition) is 2. The van der Waals surface area contributed by atoms with Gasteiger partial charge in [-0.2, -0.15) is 0 Å². The SMILES string of the molecule is CNC(CC1CCCCC1)c1ccc(OC)cc1Cl. The lowest BCUT2D eigenvalue weighted by atomic mass is 9.83. The minimum absolute atomic E-state index is 0.349. The maximum Gasteiger partial charge on any atom is 0.120 e. The molecule has 1 aromatic carbocycles. The molecule has 0 bridgehead atoms. The molecule has 0 heterocycles. The maximum absolute atomic E-state index is 6.38. The predicted molar refractivity (Wildman–Crippen MR) is 81.0 cm³/mol. The van der Waals surface area contributed by atoms with Crippen molar-refractivity contribution in [2.24, 2.45) is 5.92 Å². The number of methoxy groups -OCH3 is 1. The van der Waals surface area contributed by atoms with Crippen LogP contribution in [0.25, 0.3) is 0 Å². The quantitative estimate of drug-likeness (QED) is 0.853. The third kappa shape index (κ3) is 3.87. The van der Waals surface area contributed by atoms with Gasteiger partial charge in [0.1, 0.15) is 5.75 Å². The Bertz CT molecular complexity index is 402. The Morgan fingerprint density at radius 2 is 2.05 bits per heavy atom. The average molecular weight is 282 g/mol.